The maximum Gasteiger partial charge on any atom is 0.265 e. The quantitative estimate of drug-likeness (QED) is 0.0511. The number of ether oxygens (including phenoxy) is 1. The smallest absolute Gasteiger partial charge is 0.265 e. The molecule has 0 saturated carbocycles. The standard InChI is InChI=1S/C30H26N2O3.2F6P/c1-3-11-25-23(9-1)21-31(29-15-7-5-13-27(25)29)34-19-17-33-18-20-35-32-22-24-10-2-4-12-26(24)28-14-6-8-16-30(28)32;2*1-7(2,3,4,5)6/h1-16,21-22H,17-20H2;;/q+2;2*-1. The minimum atomic E-state index is -10.7. The molecule has 0 amide bonds. The van der Waals surface area contributed by atoms with Crippen LogP contribution in [0.2, 0.25) is 0 Å². The third kappa shape index (κ3) is 14.1. The molecule has 0 radical (unpaired) electrons. The van der Waals surface area contributed by atoms with Crippen LogP contribution in [0.3, 0.4) is 0 Å². The Morgan fingerprint density at radius 1 is 0.388 bits per heavy atom. The van der Waals surface area contributed by atoms with Gasteiger partial charge in [-0.15, -0.1) is 0 Å². The van der Waals surface area contributed by atoms with Crippen LogP contribution in [0.25, 0.3) is 43.4 Å². The van der Waals surface area contributed by atoms with Gasteiger partial charge in [-0.05, 0) is 24.3 Å². The third-order valence-electron chi connectivity index (χ3n) is 6.21. The zero-order valence-corrected chi connectivity index (χ0v) is 26.6. The summed E-state index contributed by atoms with van der Waals surface area (Å²) in [5.41, 5.74) is 2.07. The number of aromatic nitrogens is 2. The van der Waals surface area contributed by atoms with Crippen molar-refractivity contribution in [2.24, 2.45) is 0 Å². The first-order valence-corrected chi connectivity index (χ1v) is 18.0. The maximum atomic E-state index is 9.87. The Bertz CT molecular complexity index is 1940. The SMILES string of the molecule is F[P-](F)(F)(F)(F)F.F[P-](F)(F)(F)(F)F.c1ccc2c(c1)c[n+](OCCOCCO[n+]1cc3ccccc3c3ccccc31)c1ccccc21. The molecular weight excluding hydrogens is 726 g/mol. The van der Waals surface area contributed by atoms with Gasteiger partial charge in [0.15, 0.2) is 13.2 Å². The van der Waals surface area contributed by atoms with E-state index in [1.54, 1.807) is 0 Å². The summed E-state index contributed by atoms with van der Waals surface area (Å²) in [5.74, 6) is 0. The van der Waals surface area contributed by atoms with Crippen molar-refractivity contribution in [1.82, 2.24) is 0 Å². The van der Waals surface area contributed by atoms with Gasteiger partial charge in [-0.2, -0.15) is 0 Å². The van der Waals surface area contributed by atoms with E-state index < -0.39 is 15.6 Å². The Morgan fingerprint density at radius 3 is 1.02 bits per heavy atom. The van der Waals surface area contributed by atoms with Crippen LogP contribution in [0.15, 0.2) is 109 Å². The van der Waals surface area contributed by atoms with Gasteiger partial charge in [0.25, 0.3) is 11.0 Å². The zero-order valence-electron chi connectivity index (χ0n) is 24.8. The summed E-state index contributed by atoms with van der Waals surface area (Å²) in [6, 6.07) is 33.3. The van der Waals surface area contributed by atoms with Crippen LogP contribution in [-0.2, 0) is 4.74 Å². The molecule has 268 valence electrons. The average molecular weight is 752 g/mol. The molecule has 49 heavy (non-hydrogen) atoms. The second kappa shape index (κ2) is 12.3. The van der Waals surface area contributed by atoms with E-state index in [1.165, 1.54) is 21.5 Å². The number of nitrogens with zero attached hydrogens (tertiary/aromatic N) is 2. The van der Waals surface area contributed by atoms with Gasteiger partial charge in [-0.1, -0.05) is 60.7 Å². The van der Waals surface area contributed by atoms with Crippen molar-refractivity contribution in [1.29, 1.82) is 0 Å². The fraction of sp³-hybridized carbons (Fsp3) is 0.133. The molecule has 0 atom stereocenters. The second-order valence-electron chi connectivity index (χ2n) is 10.3. The van der Waals surface area contributed by atoms with E-state index in [4.69, 9.17) is 14.4 Å². The molecule has 19 heteroatoms. The molecule has 0 aliphatic heterocycles. The average Bonchev–Trinajstić information content (AvgIpc) is 2.97. The summed E-state index contributed by atoms with van der Waals surface area (Å²) in [6.45, 7) is 1.83. The van der Waals surface area contributed by atoms with Crippen LogP contribution in [0.4, 0.5) is 50.4 Å². The molecular formula is C30H26F12N2O3P2. The molecule has 0 fully saturated rings. The molecule has 0 saturated heterocycles. The molecule has 0 spiro atoms. The number of hydrogen-bond donors (Lipinski definition) is 0. The van der Waals surface area contributed by atoms with Gasteiger partial charge in [0.2, 0.25) is 12.4 Å². The van der Waals surface area contributed by atoms with Crippen molar-refractivity contribution in [2.75, 3.05) is 26.4 Å². The van der Waals surface area contributed by atoms with Crippen LogP contribution in [0, 0.1) is 0 Å². The first kappa shape index (κ1) is 37.6. The monoisotopic (exact) mass is 752 g/mol. The summed E-state index contributed by atoms with van der Waals surface area (Å²) in [4.78, 5) is 12.1. The largest absolute Gasteiger partial charge is 0.374 e. The Balaban J connectivity index is 0.000000327. The first-order chi connectivity index (χ1) is 22.3. The summed E-state index contributed by atoms with van der Waals surface area (Å²) in [6.07, 6.45) is 4.06. The Labute approximate surface area is 269 Å². The van der Waals surface area contributed by atoms with Crippen molar-refractivity contribution < 1.29 is 74.2 Å². The summed E-state index contributed by atoms with van der Waals surface area (Å²) in [5, 5.41) is 7.05. The number of halogens is 12. The molecule has 2 aromatic heterocycles. The van der Waals surface area contributed by atoms with Crippen molar-refractivity contribution >= 4 is 59.0 Å². The van der Waals surface area contributed by atoms with E-state index >= 15 is 0 Å². The van der Waals surface area contributed by atoms with Crippen LogP contribution >= 0.6 is 15.6 Å². The Hall–Kier alpha value is -4.20. The normalized spacial score (nSPS) is 14.8. The molecule has 6 aromatic rings. The number of hydrogen-bond acceptors (Lipinski definition) is 3. The van der Waals surface area contributed by atoms with Crippen LogP contribution < -0.4 is 19.1 Å². The molecule has 0 bridgehead atoms. The second-order valence-corrected chi connectivity index (χ2v) is 14.1. The predicted molar refractivity (Wildman–Crippen MR) is 164 cm³/mol. The van der Waals surface area contributed by atoms with Crippen LogP contribution in [0.5, 0.6) is 0 Å². The van der Waals surface area contributed by atoms with E-state index in [-0.39, 0.29) is 0 Å². The Morgan fingerprint density at radius 2 is 0.673 bits per heavy atom. The summed E-state index contributed by atoms with van der Waals surface area (Å²) < 4.78 is 128. The number of fused-ring (bicyclic) bond motifs is 6. The van der Waals surface area contributed by atoms with Crippen LogP contribution in [0.1, 0.15) is 0 Å². The zero-order chi connectivity index (χ0) is 36.3. The van der Waals surface area contributed by atoms with Crippen molar-refractivity contribution in [3.8, 4) is 0 Å². The summed E-state index contributed by atoms with van der Waals surface area (Å²) in [7, 11) is -21.3. The van der Waals surface area contributed by atoms with Gasteiger partial charge in [-0.3, -0.25) is 9.68 Å². The number of rotatable bonds is 8. The first-order valence-electron chi connectivity index (χ1n) is 13.9. The van der Waals surface area contributed by atoms with E-state index in [1.807, 2.05) is 46.1 Å². The van der Waals surface area contributed by atoms with Gasteiger partial charge >= 0.3 is 66.0 Å². The minimum Gasteiger partial charge on any atom is -0.374 e. The molecule has 0 aliphatic rings. The van der Waals surface area contributed by atoms with Crippen molar-refractivity contribution in [3.05, 3.63) is 109 Å². The molecule has 6 rings (SSSR count). The predicted octanol–water partition coefficient (Wildman–Crippen LogP) is 11.2. The maximum absolute atomic E-state index is 10.7. The number of para-hydroxylation sites is 2. The molecule has 2 heterocycles. The van der Waals surface area contributed by atoms with Crippen molar-refractivity contribution in [2.45, 2.75) is 0 Å². The fourth-order valence-corrected chi connectivity index (χ4v) is 4.59. The van der Waals surface area contributed by atoms with Gasteiger partial charge in [0, 0.05) is 32.4 Å². The molecule has 4 aromatic carbocycles. The fourth-order valence-electron chi connectivity index (χ4n) is 4.59. The van der Waals surface area contributed by atoms with E-state index in [2.05, 4.69) is 72.8 Å². The molecule has 0 aliphatic carbocycles. The van der Waals surface area contributed by atoms with E-state index in [0.717, 1.165) is 21.8 Å². The number of benzene rings is 4. The number of pyridine rings is 2. The van der Waals surface area contributed by atoms with Gasteiger partial charge in [0.1, 0.15) is 0 Å². The van der Waals surface area contributed by atoms with Gasteiger partial charge in [-0.25, -0.2) is 0 Å². The minimum absolute atomic E-state index is 0.444. The van der Waals surface area contributed by atoms with Crippen LogP contribution in [-0.4, -0.2) is 26.4 Å². The molecule has 0 unspecified atom stereocenters. The Kier molecular flexibility index (Phi) is 9.43. The van der Waals surface area contributed by atoms with E-state index in [0.29, 0.717) is 26.4 Å². The van der Waals surface area contributed by atoms with Crippen molar-refractivity contribution in [3.63, 3.8) is 0 Å². The molecule has 5 nitrogen and oxygen atoms in total. The third-order valence-corrected chi connectivity index (χ3v) is 6.21. The molecule has 0 N–H and O–H groups in total. The summed E-state index contributed by atoms with van der Waals surface area (Å²) >= 11 is 0. The van der Waals surface area contributed by atoms with Gasteiger partial charge in [0.05, 0.1) is 34.8 Å². The van der Waals surface area contributed by atoms with Gasteiger partial charge < -0.3 is 4.74 Å². The van der Waals surface area contributed by atoms with E-state index in [9.17, 15) is 50.4 Å². The topological polar surface area (TPSA) is 35.5 Å².